The number of carbonyl (C=O) groups excluding carboxylic acids is 1. The number of halogens is 4. The van der Waals surface area contributed by atoms with E-state index in [1.54, 1.807) is 0 Å². The lowest BCUT2D eigenvalue weighted by Gasteiger charge is -2.34. The van der Waals surface area contributed by atoms with Gasteiger partial charge in [0.2, 0.25) is 15.9 Å². The van der Waals surface area contributed by atoms with E-state index in [4.69, 9.17) is 4.74 Å². The van der Waals surface area contributed by atoms with Gasteiger partial charge in [0.05, 0.1) is 29.7 Å². The molecule has 0 saturated carbocycles. The first kappa shape index (κ1) is 23.2. The number of sulfonamides is 1. The molecule has 1 aliphatic heterocycles. The van der Waals surface area contributed by atoms with Gasteiger partial charge in [-0.3, -0.25) is 4.79 Å². The summed E-state index contributed by atoms with van der Waals surface area (Å²) in [5.41, 5.74) is -0.670. The molecule has 0 spiro atoms. The predicted octanol–water partition coefficient (Wildman–Crippen LogP) is 3.11. The van der Waals surface area contributed by atoms with E-state index < -0.39 is 50.5 Å². The molecule has 2 aromatic carbocycles. The van der Waals surface area contributed by atoms with Crippen molar-refractivity contribution in [2.24, 2.45) is 0 Å². The first-order chi connectivity index (χ1) is 14.5. The highest BCUT2D eigenvalue weighted by molar-refractivity contribution is 7.89. The molecule has 0 bridgehead atoms. The van der Waals surface area contributed by atoms with E-state index in [0.717, 1.165) is 12.1 Å². The maximum atomic E-state index is 13.2. The van der Waals surface area contributed by atoms with Gasteiger partial charge in [-0.05, 0) is 36.8 Å². The Kier molecular flexibility index (Phi) is 6.68. The number of carbonyl (C=O) groups is 1. The van der Waals surface area contributed by atoms with Crippen molar-refractivity contribution in [3.8, 4) is 0 Å². The maximum Gasteiger partial charge on any atom is 0.417 e. The molecule has 2 atom stereocenters. The van der Waals surface area contributed by atoms with Crippen molar-refractivity contribution in [1.82, 2.24) is 9.62 Å². The number of morpholine rings is 1. The highest BCUT2D eigenvalue weighted by Gasteiger charge is 2.38. The Morgan fingerprint density at radius 3 is 2.45 bits per heavy atom. The summed E-state index contributed by atoms with van der Waals surface area (Å²) in [6.45, 7) is 1.71. The summed E-state index contributed by atoms with van der Waals surface area (Å²) < 4.78 is 85.5. The molecule has 1 unspecified atom stereocenters. The number of ether oxygens (including phenoxy) is 1. The van der Waals surface area contributed by atoms with Crippen molar-refractivity contribution in [3.63, 3.8) is 0 Å². The second-order valence-electron chi connectivity index (χ2n) is 7.03. The largest absolute Gasteiger partial charge is 0.417 e. The van der Waals surface area contributed by atoms with Crippen molar-refractivity contribution in [1.29, 1.82) is 0 Å². The number of alkyl halides is 3. The van der Waals surface area contributed by atoms with Gasteiger partial charge in [0.1, 0.15) is 11.9 Å². The molecule has 2 aromatic rings. The minimum Gasteiger partial charge on any atom is -0.370 e. The molecule has 1 fully saturated rings. The van der Waals surface area contributed by atoms with Crippen molar-refractivity contribution < 1.29 is 35.5 Å². The fourth-order valence-corrected chi connectivity index (χ4v) is 4.71. The Balaban J connectivity index is 1.73. The molecular formula is C20H20F4N2O4S. The number of rotatable bonds is 5. The van der Waals surface area contributed by atoms with E-state index >= 15 is 0 Å². The standard InChI is InChI=1S/C20H20F4N2O4S/c1-13(25-31(28,29)18-5-3-2-4-16(18)20(22,23)24)19(27)26-10-11-30-17(12-26)14-6-8-15(21)9-7-14/h2-9,13,17,25H,10-12H2,1H3/t13-,17?/m0/s1. The third kappa shape index (κ3) is 5.41. The molecule has 0 aromatic heterocycles. The zero-order valence-corrected chi connectivity index (χ0v) is 17.2. The van der Waals surface area contributed by atoms with Gasteiger partial charge in [-0.25, -0.2) is 12.8 Å². The smallest absolute Gasteiger partial charge is 0.370 e. The minimum atomic E-state index is -4.87. The lowest BCUT2D eigenvalue weighted by molar-refractivity contribution is -0.140. The van der Waals surface area contributed by atoms with Gasteiger partial charge >= 0.3 is 6.18 Å². The Morgan fingerprint density at radius 2 is 1.81 bits per heavy atom. The van der Waals surface area contributed by atoms with E-state index in [9.17, 15) is 30.8 Å². The highest BCUT2D eigenvalue weighted by Crippen LogP contribution is 2.34. The van der Waals surface area contributed by atoms with Crippen molar-refractivity contribution >= 4 is 15.9 Å². The van der Waals surface area contributed by atoms with Gasteiger partial charge in [-0.1, -0.05) is 24.3 Å². The molecular weight excluding hydrogens is 440 g/mol. The Bertz CT molecular complexity index is 1040. The van der Waals surface area contributed by atoms with Crippen LogP contribution in [0.25, 0.3) is 0 Å². The van der Waals surface area contributed by atoms with Crippen LogP contribution in [-0.2, 0) is 25.7 Å². The van der Waals surface area contributed by atoms with Gasteiger partial charge < -0.3 is 9.64 Å². The van der Waals surface area contributed by atoms with Crippen LogP contribution in [0.4, 0.5) is 17.6 Å². The first-order valence-corrected chi connectivity index (χ1v) is 10.8. The third-order valence-corrected chi connectivity index (χ3v) is 6.40. The fraction of sp³-hybridized carbons (Fsp3) is 0.350. The summed E-state index contributed by atoms with van der Waals surface area (Å²) in [5, 5.41) is 0. The molecule has 1 heterocycles. The van der Waals surface area contributed by atoms with Crippen LogP contribution in [0.5, 0.6) is 0 Å². The van der Waals surface area contributed by atoms with E-state index in [1.807, 2.05) is 4.72 Å². The monoisotopic (exact) mass is 460 g/mol. The number of nitrogens with zero attached hydrogens (tertiary/aromatic N) is 1. The molecule has 1 N–H and O–H groups in total. The topological polar surface area (TPSA) is 75.7 Å². The van der Waals surface area contributed by atoms with Gasteiger partial charge in [0.25, 0.3) is 0 Å². The molecule has 3 rings (SSSR count). The summed E-state index contributed by atoms with van der Waals surface area (Å²) >= 11 is 0. The van der Waals surface area contributed by atoms with Crippen LogP contribution in [0.1, 0.15) is 24.2 Å². The van der Waals surface area contributed by atoms with E-state index in [1.165, 1.54) is 42.2 Å². The van der Waals surface area contributed by atoms with Gasteiger partial charge in [0.15, 0.2) is 0 Å². The molecule has 1 amide bonds. The second-order valence-corrected chi connectivity index (χ2v) is 8.71. The molecule has 168 valence electrons. The summed E-state index contributed by atoms with van der Waals surface area (Å²) in [7, 11) is -4.62. The van der Waals surface area contributed by atoms with Crippen LogP contribution < -0.4 is 4.72 Å². The fourth-order valence-electron chi connectivity index (χ4n) is 3.28. The Morgan fingerprint density at radius 1 is 1.16 bits per heavy atom. The number of amides is 1. The van der Waals surface area contributed by atoms with Gasteiger partial charge in [-0.2, -0.15) is 17.9 Å². The van der Waals surface area contributed by atoms with Gasteiger partial charge in [-0.15, -0.1) is 0 Å². The zero-order valence-electron chi connectivity index (χ0n) is 16.4. The average molecular weight is 460 g/mol. The minimum absolute atomic E-state index is 0.0929. The van der Waals surface area contributed by atoms with Gasteiger partial charge in [0, 0.05) is 6.54 Å². The quantitative estimate of drug-likeness (QED) is 0.696. The van der Waals surface area contributed by atoms with E-state index in [0.29, 0.717) is 11.6 Å². The van der Waals surface area contributed by atoms with Crippen LogP contribution in [0.15, 0.2) is 53.4 Å². The van der Waals surface area contributed by atoms with Crippen LogP contribution >= 0.6 is 0 Å². The predicted molar refractivity (Wildman–Crippen MR) is 103 cm³/mol. The van der Waals surface area contributed by atoms with Crippen LogP contribution in [0, 0.1) is 5.82 Å². The highest BCUT2D eigenvalue weighted by atomic mass is 32.2. The molecule has 11 heteroatoms. The number of benzene rings is 2. The van der Waals surface area contributed by atoms with E-state index in [2.05, 4.69) is 0 Å². The normalized spacial score (nSPS) is 18.6. The van der Waals surface area contributed by atoms with Crippen molar-refractivity contribution in [2.75, 3.05) is 19.7 Å². The lowest BCUT2D eigenvalue weighted by Crippen LogP contribution is -2.51. The number of hydrogen-bond donors (Lipinski definition) is 1. The summed E-state index contributed by atoms with van der Waals surface area (Å²) in [6, 6.07) is 8.01. The summed E-state index contributed by atoms with van der Waals surface area (Å²) in [4.78, 5) is 13.2. The Hall–Kier alpha value is -2.50. The van der Waals surface area contributed by atoms with Crippen molar-refractivity contribution in [2.45, 2.75) is 30.1 Å². The maximum absolute atomic E-state index is 13.2. The summed E-state index contributed by atoms with van der Waals surface area (Å²) in [5.74, 6) is -1.03. The van der Waals surface area contributed by atoms with Crippen LogP contribution in [0.3, 0.4) is 0 Å². The van der Waals surface area contributed by atoms with Crippen molar-refractivity contribution in [3.05, 3.63) is 65.5 Å². The zero-order chi connectivity index (χ0) is 22.8. The second kappa shape index (κ2) is 8.93. The van der Waals surface area contributed by atoms with Crippen LogP contribution in [-0.4, -0.2) is 45.0 Å². The molecule has 31 heavy (non-hydrogen) atoms. The summed E-state index contributed by atoms with van der Waals surface area (Å²) in [6.07, 6.45) is -5.40. The average Bonchev–Trinajstić information content (AvgIpc) is 2.73. The number of nitrogens with one attached hydrogen (secondary N) is 1. The molecule has 0 radical (unpaired) electrons. The van der Waals surface area contributed by atoms with E-state index in [-0.39, 0.29) is 19.7 Å². The third-order valence-electron chi connectivity index (χ3n) is 4.80. The molecule has 1 saturated heterocycles. The lowest BCUT2D eigenvalue weighted by atomic mass is 10.1. The molecule has 6 nitrogen and oxygen atoms in total. The molecule has 1 aliphatic rings. The molecule has 0 aliphatic carbocycles. The van der Waals surface area contributed by atoms with Crippen LogP contribution in [0.2, 0.25) is 0 Å². The Labute approximate surface area is 176 Å². The SMILES string of the molecule is C[C@H](NS(=O)(=O)c1ccccc1C(F)(F)F)C(=O)N1CCOC(c2ccc(F)cc2)C1. The number of hydrogen-bond acceptors (Lipinski definition) is 4. The first-order valence-electron chi connectivity index (χ1n) is 9.33.